The number of likely N-dealkylation sites (tertiary alicyclic amines) is 1. The first-order valence-electron chi connectivity index (χ1n) is 11.9. The summed E-state index contributed by atoms with van der Waals surface area (Å²) in [6, 6.07) is 2.43. The van der Waals surface area contributed by atoms with Gasteiger partial charge in [-0.3, -0.25) is 9.59 Å². The maximum Gasteiger partial charge on any atom is 0.255 e. The van der Waals surface area contributed by atoms with Crippen molar-refractivity contribution >= 4 is 22.8 Å². The van der Waals surface area contributed by atoms with E-state index in [1.807, 2.05) is 0 Å². The van der Waals surface area contributed by atoms with Crippen LogP contribution in [0.5, 0.6) is 5.75 Å². The molecule has 11 heteroatoms. The molecule has 1 saturated heterocycles. The minimum atomic E-state index is -1.48. The van der Waals surface area contributed by atoms with Gasteiger partial charge in [-0.25, -0.2) is 18.7 Å². The standard InChI is InChI=1S/C25H27F2N5O4/c1-12-3-6-17(36-10-14-4-5-14)20(21(12)27)23-24-22(28-11-29-23)19(13(2)30-24)25(35)31-16-8-32(7-15(16)26)18(34)9-33/h3,6,11,14-16,30,33H,4-5,7-10H2,1-2H3,(H,31,35)/t15-,16+/m0/s1. The zero-order valence-corrected chi connectivity index (χ0v) is 20.0. The number of carbonyl (C=O) groups excluding carboxylic acids is 2. The molecule has 1 aliphatic carbocycles. The van der Waals surface area contributed by atoms with Gasteiger partial charge in [0.25, 0.3) is 5.91 Å². The minimum absolute atomic E-state index is 0.0515. The first-order chi connectivity index (χ1) is 17.3. The van der Waals surface area contributed by atoms with Gasteiger partial charge in [-0.2, -0.15) is 0 Å². The fourth-order valence-electron chi connectivity index (χ4n) is 4.53. The molecule has 0 bridgehead atoms. The number of fused-ring (bicyclic) bond motifs is 1. The molecule has 2 aliphatic rings. The fourth-order valence-corrected chi connectivity index (χ4v) is 4.53. The van der Waals surface area contributed by atoms with Gasteiger partial charge in [0.15, 0.2) is 0 Å². The zero-order valence-electron chi connectivity index (χ0n) is 20.0. The number of nitrogens with zero attached hydrogens (tertiary/aromatic N) is 3. The van der Waals surface area contributed by atoms with E-state index in [2.05, 4.69) is 20.3 Å². The summed E-state index contributed by atoms with van der Waals surface area (Å²) in [5, 5.41) is 11.7. The number of hydrogen-bond acceptors (Lipinski definition) is 6. The molecule has 1 aromatic carbocycles. The summed E-state index contributed by atoms with van der Waals surface area (Å²) in [5.41, 5.74) is 2.14. The number of rotatable bonds is 7. The first kappa shape index (κ1) is 24.1. The predicted molar refractivity (Wildman–Crippen MR) is 127 cm³/mol. The summed E-state index contributed by atoms with van der Waals surface area (Å²) in [6.07, 6.45) is 1.95. The van der Waals surface area contributed by atoms with Gasteiger partial charge in [0.1, 0.15) is 41.9 Å². The Hall–Kier alpha value is -3.60. The van der Waals surface area contributed by atoms with E-state index in [9.17, 15) is 14.0 Å². The molecule has 2 aromatic heterocycles. The summed E-state index contributed by atoms with van der Waals surface area (Å²) in [6.45, 7) is 2.82. The van der Waals surface area contributed by atoms with E-state index in [0.717, 1.165) is 12.8 Å². The normalized spacial score (nSPS) is 19.6. The number of carbonyl (C=O) groups is 2. The van der Waals surface area contributed by atoms with Gasteiger partial charge in [-0.15, -0.1) is 0 Å². The van der Waals surface area contributed by atoms with Gasteiger partial charge < -0.3 is 25.0 Å². The highest BCUT2D eigenvalue weighted by atomic mass is 19.1. The average Bonchev–Trinajstić information content (AvgIpc) is 3.53. The maximum absolute atomic E-state index is 15.4. The van der Waals surface area contributed by atoms with E-state index in [0.29, 0.717) is 35.0 Å². The second kappa shape index (κ2) is 9.45. The summed E-state index contributed by atoms with van der Waals surface area (Å²) in [5.74, 6) is -0.821. The molecule has 190 valence electrons. The molecule has 1 saturated carbocycles. The van der Waals surface area contributed by atoms with Crippen LogP contribution in [0.3, 0.4) is 0 Å². The van der Waals surface area contributed by atoms with E-state index >= 15 is 4.39 Å². The third-order valence-electron chi connectivity index (χ3n) is 6.76. The van der Waals surface area contributed by atoms with Crippen LogP contribution in [0.1, 0.15) is 34.5 Å². The van der Waals surface area contributed by atoms with Crippen LogP contribution in [0.2, 0.25) is 0 Å². The highest BCUT2D eigenvalue weighted by Crippen LogP contribution is 2.39. The average molecular weight is 500 g/mol. The smallest absolute Gasteiger partial charge is 0.255 e. The van der Waals surface area contributed by atoms with Crippen LogP contribution in [0.4, 0.5) is 8.78 Å². The number of aryl methyl sites for hydroxylation is 2. The van der Waals surface area contributed by atoms with E-state index in [4.69, 9.17) is 9.84 Å². The Labute approximate surface area is 205 Å². The number of aliphatic hydroxyl groups is 1. The lowest BCUT2D eigenvalue weighted by Crippen LogP contribution is -2.42. The van der Waals surface area contributed by atoms with Crippen LogP contribution < -0.4 is 10.1 Å². The summed E-state index contributed by atoms with van der Waals surface area (Å²) in [7, 11) is 0. The third-order valence-corrected chi connectivity index (χ3v) is 6.76. The predicted octanol–water partition coefficient (Wildman–Crippen LogP) is 2.44. The minimum Gasteiger partial charge on any atom is -0.492 e. The van der Waals surface area contributed by atoms with E-state index in [1.165, 1.54) is 11.2 Å². The van der Waals surface area contributed by atoms with Crippen molar-refractivity contribution < 1.29 is 28.2 Å². The second-order valence-electron chi connectivity index (χ2n) is 9.45. The number of ether oxygens (including phenoxy) is 1. The Bertz CT molecular complexity index is 1340. The van der Waals surface area contributed by atoms with E-state index in [1.54, 1.807) is 26.0 Å². The number of benzene rings is 1. The summed E-state index contributed by atoms with van der Waals surface area (Å²) >= 11 is 0. The fraction of sp³-hybridized carbons (Fsp3) is 0.440. The van der Waals surface area contributed by atoms with Gasteiger partial charge in [-0.1, -0.05) is 6.07 Å². The lowest BCUT2D eigenvalue weighted by molar-refractivity contribution is -0.133. The molecule has 3 heterocycles. The quantitative estimate of drug-likeness (QED) is 0.459. The highest BCUT2D eigenvalue weighted by Gasteiger charge is 2.37. The van der Waals surface area contributed by atoms with E-state index in [-0.39, 0.29) is 35.4 Å². The Morgan fingerprint density at radius 3 is 2.75 bits per heavy atom. The molecular formula is C25H27F2N5O4. The third kappa shape index (κ3) is 4.39. The monoisotopic (exact) mass is 499 g/mol. The summed E-state index contributed by atoms with van der Waals surface area (Å²) in [4.78, 5) is 37.8. The molecule has 2 atom stereocenters. The first-order valence-corrected chi connectivity index (χ1v) is 11.9. The molecule has 1 aliphatic heterocycles. The number of aromatic nitrogens is 3. The molecule has 5 rings (SSSR count). The van der Waals surface area contributed by atoms with Crippen LogP contribution in [0.15, 0.2) is 18.5 Å². The number of amides is 2. The van der Waals surface area contributed by atoms with Crippen LogP contribution in [0.25, 0.3) is 22.3 Å². The van der Waals surface area contributed by atoms with Gasteiger partial charge in [0.05, 0.1) is 35.8 Å². The van der Waals surface area contributed by atoms with Crippen molar-refractivity contribution in [3.63, 3.8) is 0 Å². The molecular weight excluding hydrogens is 472 g/mol. The zero-order chi connectivity index (χ0) is 25.6. The van der Waals surface area contributed by atoms with Crippen molar-refractivity contribution in [2.24, 2.45) is 5.92 Å². The Morgan fingerprint density at radius 2 is 2.03 bits per heavy atom. The Kier molecular flexibility index (Phi) is 6.33. The van der Waals surface area contributed by atoms with Crippen molar-refractivity contribution in [2.75, 3.05) is 26.3 Å². The second-order valence-corrected chi connectivity index (χ2v) is 9.45. The Balaban J connectivity index is 1.49. The molecule has 0 radical (unpaired) electrons. The van der Waals surface area contributed by atoms with Crippen LogP contribution in [-0.4, -0.2) is 75.3 Å². The lowest BCUT2D eigenvalue weighted by atomic mass is 10.0. The van der Waals surface area contributed by atoms with Crippen molar-refractivity contribution in [3.05, 3.63) is 41.1 Å². The molecule has 3 aromatic rings. The number of aliphatic hydroxyl groups excluding tert-OH is 1. The van der Waals surface area contributed by atoms with Crippen LogP contribution in [0, 0.1) is 25.6 Å². The number of nitrogens with one attached hydrogen (secondary N) is 2. The van der Waals surface area contributed by atoms with Crippen LogP contribution in [-0.2, 0) is 4.79 Å². The van der Waals surface area contributed by atoms with Gasteiger partial charge in [0, 0.05) is 12.2 Å². The van der Waals surface area contributed by atoms with Gasteiger partial charge >= 0.3 is 0 Å². The largest absolute Gasteiger partial charge is 0.492 e. The summed E-state index contributed by atoms with van der Waals surface area (Å²) < 4.78 is 35.9. The molecule has 2 fully saturated rings. The van der Waals surface area contributed by atoms with Crippen LogP contribution >= 0.6 is 0 Å². The van der Waals surface area contributed by atoms with Gasteiger partial charge in [-0.05, 0) is 44.2 Å². The number of H-pyrrole nitrogens is 1. The number of alkyl halides is 1. The molecule has 0 spiro atoms. The van der Waals surface area contributed by atoms with Crippen molar-refractivity contribution in [2.45, 2.75) is 38.9 Å². The molecule has 2 amide bonds. The lowest BCUT2D eigenvalue weighted by Gasteiger charge is -2.16. The van der Waals surface area contributed by atoms with Crippen molar-refractivity contribution in [3.8, 4) is 17.0 Å². The number of aromatic amines is 1. The van der Waals surface area contributed by atoms with E-state index < -0.39 is 36.5 Å². The van der Waals surface area contributed by atoms with Gasteiger partial charge in [0.2, 0.25) is 5.91 Å². The Morgan fingerprint density at radius 1 is 1.25 bits per heavy atom. The SMILES string of the molecule is Cc1ccc(OCC2CC2)c(-c2ncnc3c(C(=O)N[C@@H]4CN(C(=O)CO)C[C@@H]4F)c(C)[nH]c23)c1F. The number of halogens is 2. The molecule has 9 nitrogen and oxygen atoms in total. The van der Waals surface area contributed by atoms with Crippen molar-refractivity contribution in [1.29, 1.82) is 0 Å². The van der Waals surface area contributed by atoms with Crippen molar-refractivity contribution in [1.82, 2.24) is 25.2 Å². The molecule has 0 unspecified atom stereocenters. The molecule has 3 N–H and O–H groups in total. The topological polar surface area (TPSA) is 120 Å². The number of hydrogen-bond donors (Lipinski definition) is 3. The highest BCUT2D eigenvalue weighted by molar-refractivity contribution is 6.09. The maximum atomic E-state index is 15.4. The molecule has 36 heavy (non-hydrogen) atoms.